The minimum atomic E-state index is 0.369. The van der Waals surface area contributed by atoms with Gasteiger partial charge in [-0.25, -0.2) is 5.92 Å². The largest absolute Gasteiger partial charge is 0.358 e. The molecule has 0 aliphatic rings. The van der Waals surface area contributed by atoms with E-state index in [1.807, 2.05) is 5.92 Å². The molecule has 0 aliphatic carbocycles. The normalized spacial score (nSPS) is 4.36. The van der Waals surface area contributed by atoms with E-state index < -0.39 is 0 Å². The van der Waals surface area contributed by atoms with Crippen molar-refractivity contribution in [2.45, 2.75) is 6.92 Å². The quantitative estimate of drug-likeness (QED) is 0.158. The lowest BCUT2D eigenvalue weighted by atomic mass is 10.1. The Labute approximate surface area is 328 Å². The van der Waals surface area contributed by atoms with Crippen LogP contribution in [0.3, 0.4) is 0 Å². The van der Waals surface area contributed by atoms with Gasteiger partial charge in [0.15, 0.2) is 0 Å². The molecule has 0 heteroatoms. The molecule has 0 aliphatic heterocycles. The molecule has 56 heavy (non-hydrogen) atoms. The van der Waals surface area contributed by atoms with E-state index in [4.69, 9.17) is 6.42 Å². The first-order valence-electron chi connectivity index (χ1n) is 14.2. The van der Waals surface area contributed by atoms with Crippen LogP contribution in [0.1, 0.15) is 6.92 Å². The summed E-state index contributed by atoms with van der Waals surface area (Å²) in [6.07, 6.45) is 6.58. The Bertz CT molecular complexity index is 3580. The van der Waals surface area contributed by atoms with Gasteiger partial charge in [-0.2, -0.15) is 0 Å². The van der Waals surface area contributed by atoms with Gasteiger partial charge in [-0.3, -0.25) is 5.92 Å². The predicted octanol–water partition coefficient (Wildman–Crippen LogP) is 5.01. The summed E-state index contributed by atoms with van der Waals surface area (Å²) in [7, 11) is 0. The number of rotatable bonds is 1. The van der Waals surface area contributed by atoms with Crippen molar-refractivity contribution in [3.05, 3.63) is 151 Å². The molecule has 0 saturated carbocycles. The summed E-state index contributed by atoms with van der Waals surface area (Å²) in [5, 5.41) is 0. The molecule has 0 aromatic heterocycles. The molecule has 0 fully saturated rings. The second-order valence-corrected chi connectivity index (χ2v) is 7.35. The predicted molar refractivity (Wildman–Crippen MR) is 214 cm³/mol. The first-order valence-corrected chi connectivity index (χ1v) is 14.2. The average molecular weight is 680 g/mol. The van der Waals surface area contributed by atoms with Crippen LogP contribution in [0.2, 0.25) is 0 Å². The smallest absolute Gasteiger partial charge is 0.0877 e. The molecule has 0 heterocycles. The van der Waals surface area contributed by atoms with Gasteiger partial charge in [0.1, 0.15) is 0 Å². The summed E-state index contributed by atoms with van der Waals surface area (Å²) >= 11 is 0. The highest BCUT2D eigenvalue weighted by molar-refractivity contribution is 5.50. The van der Waals surface area contributed by atoms with Gasteiger partial charge >= 0.3 is 0 Å². The third-order valence-electron chi connectivity index (χ3n) is 3.80. The van der Waals surface area contributed by atoms with Gasteiger partial charge in [0.2, 0.25) is 0 Å². The van der Waals surface area contributed by atoms with Gasteiger partial charge in [0.25, 0.3) is 0 Å². The van der Waals surface area contributed by atoms with Crippen LogP contribution < -0.4 is 0 Å². The maximum absolute atomic E-state index is 6.58. The molecule has 0 bridgehead atoms. The zero-order chi connectivity index (χ0) is 40.5. The fourth-order valence-corrected chi connectivity index (χ4v) is 1.90. The molecular formula is C56H7-. The summed E-state index contributed by atoms with van der Waals surface area (Å²) in [6.45, 7) is 8.41. The van der Waals surface area contributed by atoms with E-state index >= 15 is 0 Å². The van der Waals surface area contributed by atoms with Crippen LogP contribution in [0.5, 0.6) is 0 Å². The lowest BCUT2D eigenvalue weighted by Gasteiger charge is -1.87. The summed E-state index contributed by atoms with van der Waals surface area (Å²) < 4.78 is 0. The molecular weight excluding hydrogens is 673 g/mol. The zero-order valence-corrected chi connectivity index (χ0v) is 28.9. The van der Waals surface area contributed by atoms with Crippen molar-refractivity contribution in [3.8, 4) is 172 Å². The van der Waals surface area contributed by atoms with Crippen LogP contribution in [0.15, 0.2) is 145 Å². The highest BCUT2D eigenvalue weighted by atomic mass is 13.9. The maximum Gasteiger partial charge on any atom is 0.0877 e. The van der Waals surface area contributed by atoms with E-state index in [-0.39, 0.29) is 0 Å². The van der Waals surface area contributed by atoms with Crippen molar-refractivity contribution in [2.24, 2.45) is 0 Å². The molecule has 232 valence electrons. The van der Waals surface area contributed by atoms with Crippen molar-refractivity contribution in [1.82, 2.24) is 0 Å². The Morgan fingerprint density at radius 1 is 0.286 bits per heavy atom. The van der Waals surface area contributed by atoms with Gasteiger partial charge < -0.3 is 6.42 Å². The van der Waals surface area contributed by atoms with E-state index in [2.05, 4.69) is 299 Å². The van der Waals surface area contributed by atoms with Gasteiger partial charge in [0, 0.05) is 58.9 Å². The van der Waals surface area contributed by atoms with Crippen LogP contribution in [-0.2, 0) is 0 Å². The van der Waals surface area contributed by atoms with Crippen LogP contribution in [-0.4, -0.2) is 0 Å². The van der Waals surface area contributed by atoms with E-state index in [0.717, 1.165) is 0 Å². The lowest BCUT2D eigenvalue weighted by Crippen LogP contribution is -1.76. The minimum absolute atomic E-state index is 0.369. The van der Waals surface area contributed by atoms with Crippen LogP contribution in [0, 0.1) is 178 Å². The van der Waals surface area contributed by atoms with Gasteiger partial charge in [-0.05, 0) is 224 Å². The van der Waals surface area contributed by atoms with Crippen molar-refractivity contribution in [3.63, 3.8) is 0 Å². The lowest BCUT2D eigenvalue weighted by molar-refractivity contribution is 1.48. The standard InChI is InChI=1S/C56H7/c1-5-8-11-14-17-19-21-23-24-25-26-27-28-29-30-31-32-33-34-35-36-37-38-40-42-45-48-51-54-56(55(4)52-49-46-43-16-13-10-7-3)53-50-47-44-41-39-22-20-18-15-12-9-6-2/h2-3H2,4H3/q-1. The molecule has 0 amide bonds. The fourth-order valence-electron chi connectivity index (χ4n) is 1.90. The van der Waals surface area contributed by atoms with Crippen molar-refractivity contribution < 1.29 is 0 Å². The van der Waals surface area contributed by atoms with E-state index in [9.17, 15) is 0 Å². The molecule has 0 saturated heterocycles. The molecule has 0 unspecified atom stereocenters. The topological polar surface area (TPSA) is 0 Å². The van der Waals surface area contributed by atoms with Gasteiger partial charge in [0.05, 0.1) is 5.57 Å². The van der Waals surface area contributed by atoms with Crippen LogP contribution in [0.25, 0.3) is 0 Å². The van der Waals surface area contributed by atoms with Gasteiger partial charge in [-0.15, -0.1) is 5.92 Å². The van der Waals surface area contributed by atoms with Crippen molar-refractivity contribution in [1.29, 1.82) is 0 Å². The highest BCUT2D eigenvalue weighted by Crippen LogP contribution is 2.03. The molecule has 0 atom stereocenters. The second kappa shape index (κ2) is 39.4. The summed E-state index contributed by atoms with van der Waals surface area (Å²) in [5.41, 5.74) is 54.5. The summed E-state index contributed by atoms with van der Waals surface area (Å²) in [5.74, 6) is 71.9. The summed E-state index contributed by atoms with van der Waals surface area (Å²) in [4.78, 5) is 0. The second-order valence-electron chi connectivity index (χ2n) is 7.35. The Morgan fingerprint density at radius 3 is 0.804 bits per heavy atom. The molecule has 0 N–H and O–H groups in total. The Hall–Kier alpha value is -11.7. The Balaban J connectivity index is 5.88. The van der Waals surface area contributed by atoms with E-state index in [1.165, 1.54) is 0 Å². The van der Waals surface area contributed by atoms with Gasteiger partial charge in [-0.1, -0.05) is 17.2 Å². The Kier molecular flexibility index (Phi) is 31.2. The molecule has 0 aromatic carbocycles. The molecule has 0 radical (unpaired) electrons. The van der Waals surface area contributed by atoms with Crippen LogP contribution >= 0.6 is 0 Å². The number of hydrogen-bond donors (Lipinski definition) is 0. The zero-order valence-electron chi connectivity index (χ0n) is 28.9. The maximum atomic E-state index is 6.58. The van der Waals surface area contributed by atoms with Crippen molar-refractivity contribution >= 4 is 0 Å². The van der Waals surface area contributed by atoms with E-state index in [0.29, 0.717) is 11.1 Å². The third-order valence-corrected chi connectivity index (χ3v) is 3.80. The molecule has 0 nitrogen and oxygen atoms in total. The SMILES string of the molecule is [C-]#CC#CC#CC#CC#CC#CC#CC#CC#CC#CC#CC#CC#CC#CC#CC(=C=C=C=C=C=C=C=C=C=C=C=C=C=C)C(C)=C=C=C=C=C=C=C=C=C. The monoisotopic (exact) mass is 679 g/mol. The molecule has 0 rings (SSSR count). The number of hydrogen-bond acceptors (Lipinski definition) is 0. The van der Waals surface area contributed by atoms with Crippen molar-refractivity contribution in [2.75, 3.05) is 0 Å². The molecule has 0 aromatic rings. The molecule has 0 spiro atoms. The number of allylic oxidation sites excluding steroid dienone is 2. The first-order chi connectivity index (χ1) is 27.8. The van der Waals surface area contributed by atoms with Crippen LogP contribution in [0.4, 0.5) is 0 Å². The Morgan fingerprint density at radius 2 is 0.518 bits per heavy atom. The third kappa shape index (κ3) is 35.1. The first kappa shape index (κ1) is 44.3. The highest BCUT2D eigenvalue weighted by Gasteiger charge is 1.92. The average Bonchev–Trinajstić information content (AvgIpc) is 3.21. The fraction of sp³-hybridized carbons (Fsp3) is 0.0179. The summed E-state index contributed by atoms with van der Waals surface area (Å²) in [6, 6.07) is 0. The minimum Gasteiger partial charge on any atom is -0.358 e. The van der Waals surface area contributed by atoms with E-state index in [1.54, 1.807) is 6.92 Å².